The van der Waals surface area contributed by atoms with Crippen LogP contribution in [0.5, 0.6) is 0 Å². The predicted molar refractivity (Wildman–Crippen MR) is 44.1 cm³/mol. The minimum Gasteiger partial charge on any atom is -0.299 e. The van der Waals surface area contributed by atoms with Crippen molar-refractivity contribution in [1.82, 2.24) is 0 Å². The minimum absolute atomic E-state index is 0.310. The second kappa shape index (κ2) is 2.20. The van der Waals surface area contributed by atoms with Gasteiger partial charge in [-0.25, -0.2) is 0 Å². The van der Waals surface area contributed by atoms with Crippen molar-refractivity contribution in [1.29, 1.82) is 0 Å². The molecule has 0 aromatic rings. The Bertz CT molecular complexity index is 227. The van der Waals surface area contributed by atoms with Crippen molar-refractivity contribution in [2.75, 3.05) is 0 Å². The van der Waals surface area contributed by atoms with E-state index in [4.69, 9.17) is 0 Å². The Labute approximate surface area is 67.5 Å². The molecule has 1 nitrogen and oxygen atoms in total. The lowest BCUT2D eigenvalue weighted by molar-refractivity contribution is -0.120. The first-order chi connectivity index (χ1) is 5.20. The molecule has 1 heteroatoms. The number of rotatable bonds is 0. The van der Waals surface area contributed by atoms with Gasteiger partial charge in [0, 0.05) is 12.3 Å². The quantitative estimate of drug-likeness (QED) is 0.484. The van der Waals surface area contributed by atoms with Crippen molar-refractivity contribution < 1.29 is 4.79 Å². The number of carbonyl (C=O) groups excluding carboxylic acids is 1. The van der Waals surface area contributed by atoms with Gasteiger partial charge in [0.25, 0.3) is 0 Å². The van der Waals surface area contributed by atoms with Gasteiger partial charge < -0.3 is 0 Å². The maximum Gasteiger partial charge on any atom is 0.140 e. The zero-order valence-corrected chi connectivity index (χ0v) is 7.13. The number of Topliss-reactive ketones (excluding diaryl/α,β-unsaturated/α-hetero) is 1. The van der Waals surface area contributed by atoms with Crippen molar-refractivity contribution in [3.8, 4) is 0 Å². The Morgan fingerprint density at radius 3 is 2.91 bits per heavy atom. The number of hydrogen-bond donors (Lipinski definition) is 0. The maximum atomic E-state index is 11.4. The fraction of sp³-hybridized carbons (Fsp3) is 0.700. The van der Waals surface area contributed by atoms with E-state index in [9.17, 15) is 4.79 Å². The molecule has 0 spiro atoms. The molecule has 0 unspecified atom stereocenters. The lowest BCUT2D eigenvalue weighted by atomic mass is 9.90. The van der Waals surface area contributed by atoms with E-state index in [1.807, 2.05) is 0 Å². The van der Waals surface area contributed by atoms with Crippen molar-refractivity contribution >= 4 is 5.78 Å². The largest absolute Gasteiger partial charge is 0.299 e. The molecule has 2 aliphatic carbocycles. The smallest absolute Gasteiger partial charge is 0.140 e. The first kappa shape index (κ1) is 7.08. The standard InChI is InChI=1S/C10H14O/c1-6-5-7(2)10-8(6)3-4-9(10)11/h5-6,8,10H,3-4H2,1-2H3/t6-,8-,10+/m0/s1. The third-order valence-electron chi connectivity index (χ3n) is 3.19. The van der Waals surface area contributed by atoms with E-state index in [1.165, 1.54) is 5.57 Å². The van der Waals surface area contributed by atoms with Crippen molar-refractivity contribution in [2.45, 2.75) is 26.7 Å². The zero-order valence-electron chi connectivity index (χ0n) is 7.13. The summed E-state index contributed by atoms with van der Waals surface area (Å²) in [5, 5.41) is 0. The number of ketones is 1. The first-order valence-electron chi connectivity index (χ1n) is 4.41. The molecule has 0 aromatic heterocycles. The van der Waals surface area contributed by atoms with Crippen LogP contribution in [0.3, 0.4) is 0 Å². The summed E-state index contributed by atoms with van der Waals surface area (Å²) in [5.74, 6) is 2.09. The molecule has 0 amide bonds. The van der Waals surface area contributed by atoms with Gasteiger partial charge >= 0.3 is 0 Å². The minimum atomic E-state index is 0.310. The van der Waals surface area contributed by atoms with Crippen molar-refractivity contribution in [3.05, 3.63) is 11.6 Å². The third-order valence-corrected chi connectivity index (χ3v) is 3.19. The molecule has 1 saturated carbocycles. The first-order valence-corrected chi connectivity index (χ1v) is 4.41. The molecule has 0 heterocycles. The maximum absolute atomic E-state index is 11.4. The summed E-state index contributed by atoms with van der Waals surface area (Å²) in [4.78, 5) is 11.4. The topological polar surface area (TPSA) is 17.1 Å². The Morgan fingerprint density at radius 1 is 1.55 bits per heavy atom. The van der Waals surface area contributed by atoms with Gasteiger partial charge in [-0.3, -0.25) is 4.79 Å². The summed E-state index contributed by atoms with van der Waals surface area (Å²) in [6.07, 6.45) is 4.22. The van der Waals surface area contributed by atoms with E-state index in [2.05, 4.69) is 19.9 Å². The number of fused-ring (bicyclic) bond motifs is 1. The van der Waals surface area contributed by atoms with Gasteiger partial charge in [0.2, 0.25) is 0 Å². The van der Waals surface area contributed by atoms with Crippen LogP contribution < -0.4 is 0 Å². The van der Waals surface area contributed by atoms with Crippen LogP contribution in [0.1, 0.15) is 26.7 Å². The van der Waals surface area contributed by atoms with E-state index in [1.54, 1.807) is 0 Å². The highest BCUT2D eigenvalue weighted by atomic mass is 16.1. The van der Waals surface area contributed by atoms with E-state index in [0.29, 0.717) is 23.5 Å². The molecule has 2 rings (SSSR count). The highest BCUT2D eigenvalue weighted by Crippen LogP contribution is 2.44. The van der Waals surface area contributed by atoms with Gasteiger partial charge in [-0.1, -0.05) is 18.6 Å². The van der Waals surface area contributed by atoms with E-state index in [0.717, 1.165) is 12.8 Å². The highest BCUT2D eigenvalue weighted by Gasteiger charge is 2.41. The van der Waals surface area contributed by atoms with Crippen LogP contribution >= 0.6 is 0 Å². The number of hydrogen-bond acceptors (Lipinski definition) is 1. The molecule has 60 valence electrons. The lowest BCUT2D eigenvalue weighted by Gasteiger charge is -2.12. The van der Waals surface area contributed by atoms with Crippen LogP contribution in [0.15, 0.2) is 11.6 Å². The summed E-state index contributed by atoms with van der Waals surface area (Å²) in [5.41, 5.74) is 1.32. The van der Waals surface area contributed by atoms with Gasteiger partial charge in [0.05, 0.1) is 0 Å². The highest BCUT2D eigenvalue weighted by molar-refractivity contribution is 5.86. The van der Waals surface area contributed by atoms with Gasteiger partial charge in [0.1, 0.15) is 5.78 Å². The monoisotopic (exact) mass is 150 g/mol. The molecule has 1 fully saturated rings. The number of allylic oxidation sites excluding steroid dienone is 2. The summed E-state index contributed by atoms with van der Waals surface area (Å²) >= 11 is 0. The fourth-order valence-corrected chi connectivity index (χ4v) is 2.67. The molecule has 0 aliphatic heterocycles. The van der Waals surface area contributed by atoms with E-state index in [-0.39, 0.29) is 0 Å². The van der Waals surface area contributed by atoms with Crippen LogP contribution in [0.25, 0.3) is 0 Å². The van der Waals surface area contributed by atoms with Crippen LogP contribution in [0, 0.1) is 17.8 Å². The van der Waals surface area contributed by atoms with E-state index >= 15 is 0 Å². The molecular formula is C10H14O. The van der Waals surface area contributed by atoms with Crippen LogP contribution in [0.4, 0.5) is 0 Å². The fourth-order valence-electron chi connectivity index (χ4n) is 2.67. The van der Waals surface area contributed by atoms with Gasteiger partial charge in [-0.2, -0.15) is 0 Å². The van der Waals surface area contributed by atoms with E-state index < -0.39 is 0 Å². The predicted octanol–water partition coefficient (Wildman–Crippen LogP) is 2.18. The molecule has 0 aromatic carbocycles. The Hall–Kier alpha value is -0.590. The normalized spacial score (nSPS) is 42.5. The summed E-state index contributed by atoms with van der Waals surface area (Å²) < 4.78 is 0. The van der Waals surface area contributed by atoms with Gasteiger partial charge in [-0.05, 0) is 25.2 Å². The Kier molecular flexibility index (Phi) is 1.41. The van der Waals surface area contributed by atoms with Gasteiger partial charge in [0.15, 0.2) is 0 Å². The molecule has 0 N–H and O–H groups in total. The summed E-state index contributed by atoms with van der Waals surface area (Å²) in [6.45, 7) is 4.33. The summed E-state index contributed by atoms with van der Waals surface area (Å²) in [7, 11) is 0. The average molecular weight is 150 g/mol. The van der Waals surface area contributed by atoms with Crippen molar-refractivity contribution in [3.63, 3.8) is 0 Å². The van der Waals surface area contributed by atoms with Crippen LogP contribution in [0.2, 0.25) is 0 Å². The molecular weight excluding hydrogens is 136 g/mol. The third kappa shape index (κ3) is 0.867. The van der Waals surface area contributed by atoms with Crippen LogP contribution in [-0.4, -0.2) is 5.78 Å². The lowest BCUT2D eigenvalue weighted by Crippen LogP contribution is -2.13. The summed E-state index contributed by atoms with van der Waals surface area (Å²) in [6, 6.07) is 0. The molecule has 0 radical (unpaired) electrons. The number of carbonyl (C=O) groups is 1. The molecule has 11 heavy (non-hydrogen) atoms. The zero-order chi connectivity index (χ0) is 8.01. The molecule has 2 aliphatic rings. The SMILES string of the molecule is CC1=C[C@H](C)[C@@H]2CCC(=O)[C@H]12. The molecule has 0 saturated heterocycles. The second-order valence-electron chi connectivity index (χ2n) is 3.92. The van der Waals surface area contributed by atoms with Crippen molar-refractivity contribution in [2.24, 2.45) is 17.8 Å². The average Bonchev–Trinajstić information content (AvgIpc) is 2.41. The Balaban J connectivity index is 2.30. The Morgan fingerprint density at radius 2 is 2.27 bits per heavy atom. The molecule has 3 atom stereocenters. The second-order valence-corrected chi connectivity index (χ2v) is 3.92. The van der Waals surface area contributed by atoms with Crippen LogP contribution in [-0.2, 0) is 4.79 Å². The van der Waals surface area contributed by atoms with Gasteiger partial charge in [-0.15, -0.1) is 0 Å². The molecule has 0 bridgehead atoms.